The molecule has 0 fully saturated rings. The van der Waals surface area contributed by atoms with Gasteiger partial charge in [0.15, 0.2) is 0 Å². The largest absolute Gasteiger partial charge is 0.497 e. The monoisotopic (exact) mass is 211 g/mol. The van der Waals surface area contributed by atoms with Crippen LogP contribution in [0.1, 0.15) is 12.0 Å². The van der Waals surface area contributed by atoms with E-state index in [1.165, 1.54) is 5.56 Å². The van der Waals surface area contributed by atoms with Crippen molar-refractivity contribution in [3.63, 3.8) is 0 Å². The van der Waals surface area contributed by atoms with Gasteiger partial charge in [0.05, 0.1) is 7.11 Å². The van der Waals surface area contributed by atoms with Crippen LogP contribution < -0.4 is 10.1 Å². The lowest BCUT2D eigenvalue weighted by atomic mass is 10.2. The van der Waals surface area contributed by atoms with Crippen LogP contribution in [0.5, 0.6) is 5.75 Å². The van der Waals surface area contributed by atoms with E-state index in [-0.39, 0.29) is 0 Å². The molecule has 0 unspecified atom stereocenters. The van der Waals surface area contributed by atoms with Crippen molar-refractivity contribution in [2.75, 3.05) is 19.4 Å². The molecule has 0 radical (unpaired) electrons. The van der Waals surface area contributed by atoms with Crippen LogP contribution in [0.25, 0.3) is 0 Å². The van der Waals surface area contributed by atoms with Gasteiger partial charge in [0, 0.05) is 6.54 Å². The fourth-order valence-corrected chi connectivity index (χ4v) is 1.38. The fraction of sp³-hybridized carbons (Fsp3) is 0.455. The number of methoxy groups -OCH3 is 1. The van der Waals surface area contributed by atoms with Crippen LogP contribution in [-0.2, 0) is 6.54 Å². The normalized spacial score (nSPS) is 10.1. The van der Waals surface area contributed by atoms with Crippen LogP contribution in [0.3, 0.4) is 0 Å². The third-order valence-corrected chi connectivity index (χ3v) is 2.29. The average Bonchev–Trinajstić information content (AvgIpc) is 2.25. The van der Waals surface area contributed by atoms with Crippen LogP contribution in [0.2, 0.25) is 0 Å². The van der Waals surface area contributed by atoms with Crippen molar-refractivity contribution in [1.82, 2.24) is 5.32 Å². The maximum absolute atomic E-state index is 5.14. The van der Waals surface area contributed by atoms with E-state index in [1.807, 2.05) is 18.2 Å². The lowest BCUT2D eigenvalue weighted by Gasteiger charge is -2.05. The molecule has 1 aromatic carbocycles. The Morgan fingerprint density at radius 2 is 2.29 bits per heavy atom. The van der Waals surface area contributed by atoms with Crippen LogP contribution in [0.15, 0.2) is 24.3 Å². The minimum Gasteiger partial charge on any atom is -0.497 e. The van der Waals surface area contributed by atoms with E-state index in [4.69, 9.17) is 4.74 Å². The third kappa shape index (κ3) is 4.03. The molecule has 0 aliphatic carbocycles. The minimum atomic E-state index is 0.894. The van der Waals surface area contributed by atoms with Crippen molar-refractivity contribution in [1.29, 1.82) is 0 Å². The number of thiol groups is 1. The summed E-state index contributed by atoms with van der Waals surface area (Å²) < 4.78 is 5.14. The molecule has 0 saturated heterocycles. The molecule has 0 amide bonds. The van der Waals surface area contributed by atoms with Gasteiger partial charge in [-0.1, -0.05) is 12.1 Å². The molecule has 0 atom stereocenters. The van der Waals surface area contributed by atoms with Gasteiger partial charge in [0.25, 0.3) is 0 Å². The highest BCUT2D eigenvalue weighted by Gasteiger charge is 1.94. The van der Waals surface area contributed by atoms with Crippen LogP contribution in [0.4, 0.5) is 0 Å². The quantitative estimate of drug-likeness (QED) is 0.555. The second kappa shape index (κ2) is 6.74. The topological polar surface area (TPSA) is 21.3 Å². The third-order valence-electron chi connectivity index (χ3n) is 1.97. The van der Waals surface area contributed by atoms with Crippen molar-refractivity contribution in [2.24, 2.45) is 0 Å². The van der Waals surface area contributed by atoms with Gasteiger partial charge < -0.3 is 10.1 Å². The van der Waals surface area contributed by atoms with Gasteiger partial charge >= 0.3 is 0 Å². The summed E-state index contributed by atoms with van der Waals surface area (Å²) in [6.07, 6.45) is 1.10. The highest BCUT2D eigenvalue weighted by Crippen LogP contribution is 2.11. The molecule has 0 aliphatic heterocycles. The summed E-state index contributed by atoms with van der Waals surface area (Å²) in [4.78, 5) is 0. The van der Waals surface area contributed by atoms with Gasteiger partial charge in [-0.2, -0.15) is 12.6 Å². The van der Waals surface area contributed by atoms with Crippen LogP contribution >= 0.6 is 12.6 Å². The highest BCUT2D eigenvalue weighted by molar-refractivity contribution is 7.80. The first-order chi connectivity index (χ1) is 6.86. The van der Waals surface area contributed by atoms with Gasteiger partial charge in [-0.25, -0.2) is 0 Å². The van der Waals surface area contributed by atoms with Crippen molar-refractivity contribution in [3.8, 4) is 5.75 Å². The SMILES string of the molecule is COc1cccc(CNCCCS)c1. The standard InChI is InChI=1S/C11H17NOS/c1-13-11-5-2-4-10(8-11)9-12-6-3-7-14/h2,4-5,8,12,14H,3,6-7,9H2,1H3. The lowest BCUT2D eigenvalue weighted by molar-refractivity contribution is 0.414. The predicted molar refractivity (Wildman–Crippen MR) is 63.2 cm³/mol. The summed E-state index contributed by atoms with van der Waals surface area (Å²) in [5.74, 6) is 1.85. The molecule has 0 aromatic heterocycles. The van der Waals surface area contributed by atoms with Crippen LogP contribution in [0, 0.1) is 0 Å². The molecule has 2 nitrogen and oxygen atoms in total. The molecule has 14 heavy (non-hydrogen) atoms. The summed E-state index contributed by atoms with van der Waals surface area (Å²) in [6.45, 7) is 1.91. The summed E-state index contributed by atoms with van der Waals surface area (Å²) in [6, 6.07) is 8.11. The minimum absolute atomic E-state index is 0.894. The Bertz CT molecular complexity index is 265. The first-order valence-electron chi connectivity index (χ1n) is 4.81. The molecule has 0 saturated carbocycles. The van der Waals surface area contributed by atoms with E-state index < -0.39 is 0 Å². The predicted octanol–water partition coefficient (Wildman–Crippen LogP) is 2.10. The smallest absolute Gasteiger partial charge is 0.119 e. The molecule has 1 aromatic rings. The number of nitrogens with one attached hydrogen (secondary N) is 1. The maximum Gasteiger partial charge on any atom is 0.119 e. The molecule has 0 heterocycles. The zero-order chi connectivity index (χ0) is 10.2. The Morgan fingerprint density at radius 1 is 1.43 bits per heavy atom. The van der Waals surface area contributed by atoms with Crippen LogP contribution in [-0.4, -0.2) is 19.4 Å². The Morgan fingerprint density at radius 3 is 3.00 bits per heavy atom. The molecule has 0 spiro atoms. The van der Waals surface area contributed by atoms with E-state index in [0.29, 0.717) is 0 Å². The zero-order valence-electron chi connectivity index (χ0n) is 8.49. The Hall–Kier alpha value is -0.670. The van der Waals surface area contributed by atoms with E-state index in [0.717, 1.165) is 31.0 Å². The average molecular weight is 211 g/mol. The molecule has 1 rings (SSSR count). The molecule has 0 bridgehead atoms. The first-order valence-corrected chi connectivity index (χ1v) is 5.44. The van der Waals surface area contributed by atoms with Gasteiger partial charge in [-0.15, -0.1) is 0 Å². The van der Waals surface area contributed by atoms with E-state index in [1.54, 1.807) is 7.11 Å². The molecular weight excluding hydrogens is 194 g/mol. The van der Waals surface area contributed by atoms with E-state index in [9.17, 15) is 0 Å². The zero-order valence-corrected chi connectivity index (χ0v) is 9.39. The number of hydrogen-bond donors (Lipinski definition) is 2. The maximum atomic E-state index is 5.14. The van der Waals surface area contributed by atoms with Gasteiger partial charge in [0.1, 0.15) is 5.75 Å². The molecule has 0 aliphatic rings. The fourth-order valence-electron chi connectivity index (χ4n) is 1.22. The Balaban J connectivity index is 2.34. The summed E-state index contributed by atoms with van der Waals surface area (Å²) >= 11 is 4.15. The number of hydrogen-bond acceptors (Lipinski definition) is 3. The summed E-state index contributed by atoms with van der Waals surface area (Å²) in [5.41, 5.74) is 1.25. The van der Waals surface area contributed by atoms with Gasteiger partial charge in [-0.05, 0) is 36.4 Å². The van der Waals surface area contributed by atoms with E-state index in [2.05, 4.69) is 24.0 Å². The van der Waals surface area contributed by atoms with E-state index >= 15 is 0 Å². The molecule has 3 heteroatoms. The van der Waals surface area contributed by atoms with Crippen molar-refractivity contribution < 1.29 is 4.74 Å². The molecule has 78 valence electrons. The van der Waals surface area contributed by atoms with Gasteiger partial charge in [-0.3, -0.25) is 0 Å². The second-order valence-electron chi connectivity index (χ2n) is 3.11. The number of benzene rings is 1. The number of rotatable bonds is 6. The second-order valence-corrected chi connectivity index (χ2v) is 3.55. The van der Waals surface area contributed by atoms with Crippen molar-refractivity contribution in [2.45, 2.75) is 13.0 Å². The Labute approximate surface area is 91.1 Å². The van der Waals surface area contributed by atoms with Crippen molar-refractivity contribution in [3.05, 3.63) is 29.8 Å². The first kappa shape index (κ1) is 11.4. The molecule has 1 N–H and O–H groups in total. The number of ether oxygens (including phenoxy) is 1. The lowest BCUT2D eigenvalue weighted by Crippen LogP contribution is -2.14. The Kier molecular flexibility index (Phi) is 5.49. The molecular formula is C11H17NOS. The van der Waals surface area contributed by atoms with Gasteiger partial charge in [0.2, 0.25) is 0 Å². The summed E-state index contributed by atoms with van der Waals surface area (Å²) in [5, 5.41) is 3.35. The summed E-state index contributed by atoms with van der Waals surface area (Å²) in [7, 11) is 1.69. The van der Waals surface area contributed by atoms with Crippen molar-refractivity contribution >= 4 is 12.6 Å². The highest BCUT2D eigenvalue weighted by atomic mass is 32.1.